The number of amides is 2. The molecule has 2 amide bonds. The van der Waals surface area contributed by atoms with Crippen LogP contribution in [-0.2, 0) is 9.53 Å². The Hall–Kier alpha value is -3.23. The molecule has 0 aromatic heterocycles. The minimum atomic E-state index is -0.902. The molecule has 0 spiro atoms. The molecule has 1 aliphatic rings. The van der Waals surface area contributed by atoms with Crippen molar-refractivity contribution in [3.8, 4) is 0 Å². The average Bonchev–Trinajstić information content (AvgIpc) is 2.75. The first-order valence-electron chi connectivity index (χ1n) is 10.3. The maximum absolute atomic E-state index is 13.7. The maximum atomic E-state index is 13.7. The van der Waals surface area contributed by atoms with Crippen LogP contribution in [0.2, 0.25) is 0 Å². The smallest absolute Gasteiger partial charge is 0.323 e. The summed E-state index contributed by atoms with van der Waals surface area (Å²) in [5, 5.41) is 25.1. The molecule has 0 fully saturated rings. The summed E-state index contributed by atoms with van der Waals surface area (Å²) in [6.45, 7) is 3.61. The van der Waals surface area contributed by atoms with Crippen molar-refractivity contribution < 1.29 is 28.9 Å². The summed E-state index contributed by atoms with van der Waals surface area (Å²) in [5.74, 6) is -1.42. The Morgan fingerprint density at radius 3 is 2.47 bits per heavy atom. The van der Waals surface area contributed by atoms with Crippen LogP contribution in [0.25, 0.3) is 5.57 Å². The number of carbonyl (C=O) groups is 2. The standard InChI is InChI=1S/C24H27FN2O5/c1-24(2,22(29)30)13-11-20-21(28)17(12-14-32-20)15-7-9-16(10-8-15)26-23(31)27-19-6-4-3-5-18(19)25/h3-10,12,20-21,28H,11,13-14H2,1-2H3,(H,29,30)(H2,26,27,31). The highest BCUT2D eigenvalue weighted by atomic mass is 19.1. The van der Waals surface area contributed by atoms with Crippen molar-refractivity contribution >= 4 is 28.9 Å². The summed E-state index contributed by atoms with van der Waals surface area (Å²) >= 11 is 0. The van der Waals surface area contributed by atoms with Crippen LogP contribution in [-0.4, -0.2) is 41.0 Å². The van der Waals surface area contributed by atoms with Crippen LogP contribution in [0.15, 0.2) is 54.6 Å². The van der Waals surface area contributed by atoms with Gasteiger partial charge in [-0.05, 0) is 62.1 Å². The summed E-state index contributed by atoms with van der Waals surface area (Å²) in [4.78, 5) is 23.4. The Labute approximate surface area is 185 Å². The first kappa shape index (κ1) is 23.4. The fourth-order valence-electron chi connectivity index (χ4n) is 3.41. The fourth-order valence-corrected chi connectivity index (χ4v) is 3.41. The molecule has 2 aromatic carbocycles. The maximum Gasteiger partial charge on any atom is 0.323 e. The molecule has 0 bridgehead atoms. The number of carbonyl (C=O) groups excluding carboxylic acids is 1. The van der Waals surface area contributed by atoms with Gasteiger partial charge in [-0.3, -0.25) is 4.79 Å². The Morgan fingerprint density at radius 1 is 1.12 bits per heavy atom. The number of benzene rings is 2. The van der Waals surface area contributed by atoms with Gasteiger partial charge in [0.25, 0.3) is 0 Å². The quantitative estimate of drug-likeness (QED) is 0.505. The average molecular weight is 442 g/mol. The van der Waals surface area contributed by atoms with Crippen LogP contribution < -0.4 is 10.6 Å². The van der Waals surface area contributed by atoms with Crippen molar-refractivity contribution in [1.82, 2.24) is 0 Å². The van der Waals surface area contributed by atoms with Gasteiger partial charge in [0.2, 0.25) is 0 Å². The lowest BCUT2D eigenvalue weighted by atomic mass is 9.84. The van der Waals surface area contributed by atoms with Gasteiger partial charge >= 0.3 is 12.0 Å². The summed E-state index contributed by atoms with van der Waals surface area (Å²) in [6, 6.07) is 12.2. The van der Waals surface area contributed by atoms with Crippen LogP contribution >= 0.6 is 0 Å². The molecule has 1 aliphatic heterocycles. The number of carboxylic acids is 1. The Bertz CT molecular complexity index is 1000. The van der Waals surface area contributed by atoms with Gasteiger partial charge < -0.3 is 25.6 Å². The third-order valence-corrected chi connectivity index (χ3v) is 5.52. The lowest BCUT2D eigenvalue weighted by Gasteiger charge is -2.31. The molecule has 170 valence electrons. The molecular weight excluding hydrogens is 415 g/mol. The van der Waals surface area contributed by atoms with E-state index in [-0.39, 0.29) is 5.69 Å². The van der Waals surface area contributed by atoms with Gasteiger partial charge in [0.05, 0.1) is 23.8 Å². The second-order valence-electron chi connectivity index (χ2n) is 8.34. The number of urea groups is 1. The number of nitrogens with one attached hydrogen (secondary N) is 2. The van der Waals surface area contributed by atoms with E-state index in [1.807, 2.05) is 0 Å². The lowest BCUT2D eigenvalue weighted by Crippen LogP contribution is -2.36. The molecule has 32 heavy (non-hydrogen) atoms. The van der Waals surface area contributed by atoms with Crippen LogP contribution in [0.1, 0.15) is 32.3 Å². The van der Waals surface area contributed by atoms with E-state index < -0.39 is 35.4 Å². The number of rotatable bonds is 7. The highest BCUT2D eigenvalue weighted by Gasteiger charge is 2.33. The summed E-state index contributed by atoms with van der Waals surface area (Å²) in [6.07, 6.45) is 1.18. The first-order chi connectivity index (χ1) is 15.2. The number of anilines is 2. The Kier molecular flexibility index (Phi) is 7.27. The molecule has 2 aromatic rings. The molecule has 3 rings (SSSR count). The molecule has 2 unspecified atom stereocenters. The summed E-state index contributed by atoms with van der Waals surface area (Å²) in [5.41, 5.74) is 1.14. The van der Waals surface area contributed by atoms with Crippen molar-refractivity contribution in [2.45, 2.75) is 38.9 Å². The van der Waals surface area contributed by atoms with Crippen LogP contribution in [0.5, 0.6) is 0 Å². The second-order valence-corrected chi connectivity index (χ2v) is 8.34. The molecular formula is C24H27FN2O5. The summed E-state index contributed by atoms with van der Waals surface area (Å²) in [7, 11) is 0. The van der Waals surface area contributed by atoms with Crippen LogP contribution in [0.4, 0.5) is 20.6 Å². The first-order valence-corrected chi connectivity index (χ1v) is 10.3. The van der Waals surface area contributed by atoms with Crippen LogP contribution in [0.3, 0.4) is 0 Å². The number of hydrogen-bond acceptors (Lipinski definition) is 4. The van der Waals surface area contributed by atoms with Crippen molar-refractivity contribution in [1.29, 1.82) is 0 Å². The zero-order valence-corrected chi connectivity index (χ0v) is 18.0. The van der Waals surface area contributed by atoms with E-state index in [4.69, 9.17) is 4.74 Å². The van der Waals surface area contributed by atoms with Crippen LogP contribution in [0, 0.1) is 11.2 Å². The number of aliphatic carboxylic acids is 1. The molecule has 7 nitrogen and oxygen atoms in total. The lowest BCUT2D eigenvalue weighted by molar-refractivity contribution is -0.147. The summed E-state index contributed by atoms with van der Waals surface area (Å²) < 4.78 is 19.3. The van der Waals surface area contributed by atoms with E-state index in [0.717, 1.165) is 5.56 Å². The minimum Gasteiger partial charge on any atom is -0.481 e. The monoisotopic (exact) mass is 442 g/mol. The number of ether oxygens (including phenoxy) is 1. The third-order valence-electron chi connectivity index (χ3n) is 5.52. The third kappa shape index (κ3) is 5.72. The Morgan fingerprint density at radius 2 is 1.81 bits per heavy atom. The number of carboxylic acid groups (broad SMARTS) is 1. The number of para-hydroxylation sites is 1. The fraction of sp³-hybridized carbons (Fsp3) is 0.333. The minimum absolute atomic E-state index is 0.0780. The number of halogens is 1. The molecule has 0 radical (unpaired) electrons. The van der Waals surface area contributed by atoms with E-state index in [1.165, 1.54) is 18.2 Å². The number of hydrogen-bond donors (Lipinski definition) is 4. The van der Waals surface area contributed by atoms with E-state index >= 15 is 0 Å². The van der Waals surface area contributed by atoms with Crippen molar-refractivity contribution in [3.05, 3.63) is 66.0 Å². The zero-order valence-electron chi connectivity index (χ0n) is 18.0. The van der Waals surface area contributed by atoms with Gasteiger partial charge in [-0.2, -0.15) is 0 Å². The zero-order chi connectivity index (χ0) is 23.3. The molecule has 2 atom stereocenters. The number of aliphatic hydroxyl groups is 1. The molecule has 0 saturated heterocycles. The predicted octanol–water partition coefficient (Wildman–Crippen LogP) is 4.50. The van der Waals surface area contributed by atoms with E-state index in [1.54, 1.807) is 50.3 Å². The van der Waals surface area contributed by atoms with Crippen molar-refractivity contribution in [2.24, 2.45) is 5.41 Å². The molecule has 1 heterocycles. The normalized spacial score (nSPS) is 18.6. The highest BCUT2D eigenvalue weighted by Crippen LogP contribution is 2.31. The van der Waals surface area contributed by atoms with Gasteiger partial charge in [0.1, 0.15) is 11.9 Å². The molecule has 8 heteroatoms. The van der Waals surface area contributed by atoms with Crippen molar-refractivity contribution in [3.63, 3.8) is 0 Å². The van der Waals surface area contributed by atoms with Gasteiger partial charge in [0, 0.05) is 5.69 Å². The highest BCUT2D eigenvalue weighted by molar-refractivity contribution is 5.99. The van der Waals surface area contributed by atoms with Crippen molar-refractivity contribution in [2.75, 3.05) is 17.2 Å². The number of aliphatic hydroxyl groups excluding tert-OH is 1. The van der Waals surface area contributed by atoms with Gasteiger partial charge in [-0.25, -0.2) is 9.18 Å². The second kappa shape index (κ2) is 9.93. The molecule has 0 aliphatic carbocycles. The molecule has 0 saturated carbocycles. The van der Waals surface area contributed by atoms with E-state index in [9.17, 15) is 24.2 Å². The van der Waals surface area contributed by atoms with E-state index in [0.29, 0.717) is 30.7 Å². The topological polar surface area (TPSA) is 108 Å². The van der Waals surface area contributed by atoms with Gasteiger partial charge in [-0.1, -0.05) is 30.3 Å². The van der Waals surface area contributed by atoms with Gasteiger partial charge in [-0.15, -0.1) is 0 Å². The Balaban J connectivity index is 1.61. The van der Waals surface area contributed by atoms with E-state index in [2.05, 4.69) is 10.6 Å². The van der Waals surface area contributed by atoms with Gasteiger partial charge in [0.15, 0.2) is 0 Å². The predicted molar refractivity (Wildman–Crippen MR) is 120 cm³/mol. The SMILES string of the molecule is CC(C)(CCC1OCC=C(c2ccc(NC(=O)Nc3ccccc3F)cc2)C1O)C(=O)O. The molecule has 4 N–H and O–H groups in total. The largest absolute Gasteiger partial charge is 0.481 e.